The third kappa shape index (κ3) is 62.2. The van der Waals surface area contributed by atoms with Crippen molar-refractivity contribution in [2.24, 2.45) is 0 Å². The largest absolute Gasteiger partial charge is 2.00 e. The van der Waals surface area contributed by atoms with Crippen LogP contribution in [0.2, 0.25) is 0 Å². The van der Waals surface area contributed by atoms with Crippen LogP contribution in [0.4, 0.5) is 0 Å². The zero-order valence-corrected chi connectivity index (χ0v) is 10.5. The summed E-state index contributed by atoms with van der Waals surface area (Å²) in [5.41, 5.74) is 0. The van der Waals surface area contributed by atoms with E-state index in [0.717, 1.165) is 0 Å². The van der Waals surface area contributed by atoms with Gasteiger partial charge in [-0.1, -0.05) is 0 Å². The minimum atomic E-state index is -5.61. The minimum Gasteiger partial charge on any atom is -0.894 e. The maximum absolute atomic E-state index is 8.58. The van der Waals surface area contributed by atoms with Crippen LogP contribution in [-0.4, -0.2) is 84.5 Å². The predicted molar refractivity (Wildman–Crippen MR) is 17.3 cm³/mol. The van der Waals surface area contributed by atoms with E-state index >= 15 is 0 Å². The first kappa shape index (κ1) is 22.5. The molecule has 0 aromatic rings. The maximum Gasteiger partial charge on any atom is 2.00 e. The molecule has 0 saturated carbocycles. The van der Waals surface area contributed by atoms with Gasteiger partial charge in [0.25, 0.3) is 0 Å². The fourth-order valence-corrected chi connectivity index (χ4v) is 0. The Balaban J connectivity index is -0.0000000267. The fraction of sp³-hybridized carbons (Fsp3) is 0. The molecule has 0 saturated heterocycles. The molecule has 0 rings (SSSR count). The van der Waals surface area contributed by atoms with Gasteiger partial charge < -0.3 is 28.2 Å². The van der Waals surface area contributed by atoms with Gasteiger partial charge in [0.2, 0.25) is 0 Å². The van der Waals surface area contributed by atoms with E-state index in [9.17, 15) is 0 Å². The van der Waals surface area contributed by atoms with E-state index in [1.54, 1.807) is 0 Å². The average molecular weight is 227 g/mol. The van der Waals surface area contributed by atoms with Crippen molar-refractivity contribution in [2.45, 2.75) is 0 Å². The van der Waals surface area contributed by atoms with Gasteiger partial charge in [-0.25, -0.2) is 0 Å². The Kier molecular flexibility index (Phi) is 28.3. The zero-order valence-electron chi connectivity index (χ0n) is 3.93. The summed E-state index contributed by atoms with van der Waals surface area (Å²) in [6.45, 7) is 0. The predicted octanol–water partition coefficient (Wildman–Crippen LogP) is -5.90. The molecule has 0 atom stereocenters. The average Bonchev–Trinajstić information content (AvgIpc) is 0.722. The summed E-state index contributed by atoms with van der Waals surface area (Å²) in [5.74, 6) is 0. The molecule has 0 heterocycles. The molecule has 8 heavy (non-hydrogen) atoms. The van der Waals surface area contributed by atoms with Crippen molar-refractivity contribution in [3.05, 3.63) is 0 Å². The Morgan fingerprint density at radius 2 is 0.750 bits per heavy atom. The van der Waals surface area contributed by atoms with Crippen molar-refractivity contribution in [1.82, 2.24) is 0 Å². The van der Waals surface area contributed by atoms with Gasteiger partial charge >= 0.3 is 75.5 Å². The summed E-state index contributed by atoms with van der Waals surface area (Å²) in [5, 5.41) is 0. The quantitative estimate of drug-likeness (QED) is 0.385. The summed E-state index contributed by atoms with van der Waals surface area (Å²) in [7, 11) is -5.61. The Morgan fingerprint density at radius 3 is 0.750 bits per heavy atom. The van der Waals surface area contributed by atoms with Gasteiger partial charge in [-0.15, -0.1) is 0 Å². The van der Waals surface area contributed by atoms with E-state index in [1.165, 1.54) is 0 Å². The molecule has 8 heteroatoms. The number of hydrogen-bond acceptors (Lipinski definition) is 4. The van der Waals surface area contributed by atoms with Crippen molar-refractivity contribution in [3.63, 3.8) is 0 Å². The normalized spacial score (nSPS) is 7.50. The standard InChI is InChI=1S/2Ca.Mn.O4Si/c;;;1-5(2,3)4/q2*+2;;-4. The molecule has 0 aromatic carbocycles. The van der Waals surface area contributed by atoms with Crippen LogP contribution in [0.1, 0.15) is 0 Å². The van der Waals surface area contributed by atoms with Crippen molar-refractivity contribution < 1.29 is 36.3 Å². The number of rotatable bonds is 0. The second-order valence-electron chi connectivity index (χ2n) is 0.500. The van der Waals surface area contributed by atoms with E-state index in [2.05, 4.69) is 0 Å². The van der Waals surface area contributed by atoms with Gasteiger partial charge in [-0.2, -0.15) is 0 Å². The van der Waals surface area contributed by atoms with Crippen molar-refractivity contribution in [1.29, 1.82) is 0 Å². The van der Waals surface area contributed by atoms with E-state index < -0.39 is 9.05 Å². The SMILES string of the molecule is [Ca+2].[Ca+2].[Mn].[O-][Si]([O-])([O-])[O-]. The van der Waals surface area contributed by atoms with Crippen LogP contribution >= 0.6 is 0 Å². The summed E-state index contributed by atoms with van der Waals surface area (Å²) < 4.78 is 0. The first-order valence-electron chi connectivity index (χ1n) is 0.816. The molecule has 0 spiro atoms. The van der Waals surface area contributed by atoms with Crippen LogP contribution in [-0.2, 0) is 17.1 Å². The summed E-state index contributed by atoms with van der Waals surface area (Å²) in [6, 6.07) is 0. The molecule has 0 bridgehead atoms. The van der Waals surface area contributed by atoms with E-state index in [0.29, 0.717) is 0 Å². The van der Waals surface area contributed by atoms with Crippen LogP contribution < -0.4 is 19.2 Å². The van der Waals surface area contributed by atoms with Gasteiger partial charge in [0, 0.05) is 17.1 Å². The molecule has 0 aliphatic rings. The van der Waals surface area contributed by atoms with Gasteiger partial charge in [0.1, 0.15) is 0 Å². The van der Waals surface area contributed by atoms with Gasteiger partial charge in [-0.3, -0.25) is 0 Å². The van der Waals surface area contributed by atoms with E-state index in [-0.39, 0.29) is 92.5 Å². The summed E-state index contributed by atoms with van der Waals surface area (Å²) in [4.78, 5) is 34.3. The van der Waals surface area contributed by atoms with Gasteiger partial charge in [0.05, 0.1) is 0 Å². The van der Waals surface area contributed by atoms with Crippen LogP contribution in [0.3, 0.4) is 0 Å². The van der Waals surface area contributed by atoms with Crippen LogP contribution in [0.5, 0.6) is 0 Å². The topological polar surface area (TPSA) is 92.2 Å². The molecule has 1 radical (unpaired) electrons. The molecule has 4 nitrogen and oxygen atoms in total. The summed E-state index contributed by atoms with van der Waals surface area (Å²) >= 11 is 0. The molecule has 0 amide bonds. The van der Waals surface area contributed by atoms with Gasteiger partial charge in [-0.05, 0) is 0 Å². The van der Waals surface area contributed by atoms with Crippen LogP contribution in [0, 0.1) is 0 Å². The Labute approximate surface area is 118 Å². The smallest absolute Gasteiger partial charge is 0.894 e. The van der Waals surface area contributed by atoms with Crippen molar-refractivity contribution in [2.75, 3.05) is 0 Å². The first-order chi connectivity index (χ1) is 2.00. The van der Waals surface area contributed by atoms with E-state index in [1.807, 2.05) is 0 Å². The molecule has 39 valence electrons. The zero-order chi connectivity index (χ0) is 4.50. The van der Waals surface area contributed by atoms with Crippen LogP contribution in [0.25, 0.3) is 0 Å². The fourth-order valence-electron chi connectivity index (χ4n) is 0. The molecule has 0 aliphatic carbocycles. The molecule has 0 aliphatic heterocycles. The monoisotopic (exact) mass is 227 g/mol. The second-order valence-corrected chi connectivity index (χ2v) is 1.50. The molecule has 0 fully saturated rings. The Bertz CT molecular complexity index is 29.5. The molecule has 0 aromatic heterocycles. The molecular weight excluding hydrogens is 227 g/mol. The van der Waals surface area contributed by atoms with Gasteiger partial charge in [0.15, 0.2) is 0 Å². The molecule has 0 N–H and O–H groups in total. The van der Waals surface area contributed by atoms with Crippen molar-refractivity contribution >= 4 is 84.5 Å². The molecule has 0 unspecified atom stereocenters. The Hall–Kier alpha value is 3.10. The first-order valence-corrected chi connectivity index (χ1v) is 2.45. The maximum atomic E-state index is 8.58. The third-order valence-electron chi connectivity index (χ3n) is 0. The molecular formula is Ca2MnO4Si. The van der Waals surface area contributed by atoms with Crippen molar-refractivity contribution in [3.8, 4) is 0 Å². The van der Waals surface area contributed by atoms with Crippen LogP contribution in [0.15, 0.2) is 0 Å². The minimum absolute atomic E-state index is 0. The third-order valence-corrected chi connectivity index (χ3v) is 0. The summed E-state index contributed by atoms with van der Waals surface area (Å²) in [6.07, 6.45) is 0. The Morgan fingerprint density at radius 1 is 0.750 bits per heavy atom. The van der Waals surface area contributed by atoms with E-state index in [4.69, 9.17) is 19.2 Å². The second kappa shape index (κ2) is 10.1. The number of hydrogen-bond donors (Lipinski definition) is 0.